The number of aryl methyl sites for hydroxylation is 2. The number of hydrogen-bond donors (Lipinski definition) is 1. The van der Waals surface area contributed by atoms with Gasteiger partial charge in [0.05, 0.1) is 11.8 Å². The van der Waals surface area contributed by atoms with E-state index in [-0.39, 0.29) is 6.10 Å². The van der Waals surface area contributed by atoms with E-state index in [4.69, 9.17) is 4.52 Å². The minimum Gasteiger partial charge on any atom is -0.393 e. The molecule has 2 unspecified atom stereocenters. The van der Waals surface area contributed by atoms with Gasteiger partial charge in [0.15, 0.2) is 0 Å². The van der Waals surface area contributed by atoms with Gasteiger partial charge in [-0.05, 0) is 39.2 Å². The summed E-state index contributed by atoms with van der Waals surface area (Å²) in [7, 11) is 2.11. The van der Waals surface area contributed by atoms with E-state index in [0.717, 1.165) is 50.2 Å². The third-order valence-corrected chi connectivity index (χ3v) is 3.99. The Morgan fingerprint density at radius 1 is 1.44 bits per heavy atom. The lowest BCUT2D eigenvalue weighted by atomic mass is 10.0. The Balaban J connectivity index is 1.94. The molecule has 1 aliphatic rings. The van der Waals surface area contributed by atoms with Crippen molar-refractivity contribution in [3.63, 3.8) is 0 Å². The van der Waals surface area contributed by atoms with E-state index in [1.54, 1.807) is 0 Å². The zero-order valence-electron chi connectivity index (χ0n) is 11.6. The monoisotopic (exact) mass is 252 g/mol. The van der Waals surface area contributed by atoms with E-state index in [1.807, 2.05) is 6.92 Å². The molecule has 0 spiro atoms. The van der Waals surface area contributed by atoms with Crippen molar-refractivity contribution in [2.24, 2.45) is 5.92 Å². The molecule has 1 fully saturated rings. The summed E-state index contributed by atoms with van der Waals surface area (Å²) in [6.45, 7) is 5.89. The smallest absolute Gasteiger partial charge is 0.138 e. The van der Waals surface area contributed by atoms with Crippen molar-refractivity contribution in [3.8, 4) is 0 Å². The number of hydrogen-bond acceptors (Lipinski definition) is 4. The Bertz CT molecular complexity index is 389. The second kappa shape index (κ2) is 5.85. The number of aromatic nitrogens is 1. The summed E-state index contributed by atoms with van der Waals surface area (Å²) in [5.74, 6) is 1.35. The zero-order chi connectivity index (χ0) is 13.1. The van der Waals surface area contributed by atoms with Crippen LogP contribution in [0.2, 0.25) is 0 Å². The minimum atomic E-state index is -0.110. The van der Waals surface area contributed by atoms with Gasteiger partial charge in [0.2, 0.25) is 0 Å². The Kier molecular flexibility index (Phi) is 4.40. The van der Waals surface area contributed by atoms with Gasteiger partial charge < -0.3 is 14.5 Å². The predicted octanol–water partition coefficient (Wildman–Crippen LogP) is 2.14. The van der Waals surface area contributed by atoms with Crippen LogP contribution in [0.25, 0.3) is 0 Å². The Morgan fingerprint density at radius 2 is 2.22 bits per heavy atom. The lowest BCUT2D eigenvalue weighted by Gasteiger charge is -2.23. The summed E-state index contributed by atoms with van der Waals surface area (Å²) in [6, 6.07) is 0. The third kappa shape index (κ3) is 2.93. The molecule has 102 valence electrons. The molecule has 4 heteroatoms. The largest absolute Gasteiger partial charge is 0.393 e. The molecule has 2 rings (SSSR count). The standard InChI is InChI=1S/C14H24N2O2/c1-4-13-12(10(2)18-15-13)9-16(3)8-11-6-5-7-14(11)17/h11,14,17H,4-9H2,1-3H3. The molecule has 1 aromatic rings. The van der Waals surface area contributed by atoms with Crippen LogP contribution in [-0.4, -0.2) is 34.9 Å². The van der Waals surface area contributed by atoms with Crippen molar-refractivity contribution in [2.75, 3.05) is 13.6 Å². The molecule has 0 radical (unpaired) electrons. The lowest BCUT2D eigenvalue weighted by Crippen LogP contribution is -2.29. The average molecular weight is 252 g/mol. The highest BCUT2D eigenvalue weighted by Crippen LogP contribution is 2.26. The third-order valence-electron chi connectivity index (χ3n) is 3.99. The summed E-state index contributed by atoms with van der Waals surface area (Å²) in [6.07, 6.45) is 4.07. The summed E-state index contributed by atoms with van der Waals surface area (Å²) >= 11 is 0. The van der Waals surface area contributed by atoms with E-state index in [9.17, 15) is 5.11 Å². The minimum absolute atomic E-state index is 0.110. The first kappa shape index (κ1) is 13.6. The van der Waals surface area contributed by atoms with Crippen molar-refractivity contribution in [3.05, 3.63) is 17.0 Å². The summed E-state index contributed by atoms with van der Waals surface area (Å²) in [5, 5.41) is 13.9. The van der Waals surface area contributed by atoms with E-state index in [0.29, 0.717) is 5.92 Å². The average Bonchev–Trinajstić information content (AvgIpc) is 2.88. The highest BCUT2D eigenvalue weighted by molar-refractivity contribution is 5.21. The maximum absolute atomic E-state index is 9.86. The molecule has 1 aromatic heterocycles. The maximum Gasteiger partial charge on any atom is 0.138 e. The molecule has 1 N–H and O–H groups in total. The second-order valence-electron chi connectivity index (χ2n) is 5.47. The van der Waals surface area contributed by atoms with Crippen molar-refractivity contribution < 1.29 is 9.63 Å². The van der Waals surface area contributed by atoms with Gasteiger partial charge in [-0.25, -0.2) is 0 Å². The molecule has 4 nitrogen and oxygen atoms in total. The Hall–Kier alpha value is -0.870. The summed E-state index contributed by atoms with van der Waals surface area (Å²) in [4.78, 5) is 2.28. The van der Waals surface area contributed by atoms with E-state index in [1.165, 1.54) is 5.56 Å². The van der Waals surface area contributed by atoms with Crippen molar-refractivity contribution >= 4 is 0 Å². The number of aliphatic hydroxyl groups is 1. The Morgan fingerprint density at radius 3 is 2.83 bits per heavy atom. The fraction of sp³-hybridized carbons (Fsp3) is 0.786. The lowest BCUT2D eigenvalue weighted by molar-refractivity contribution is 0.107. The van der Waals surface area contributed by atoms with Gasteiger partial charge in [0.1, 0.15) is 5.76 Å². The highest BCUT2D eigenvalue weighted by Gasteiger charge is 2.26. The molecule has 0 amide bonds. The second-order valence-corrected chi connectivity index (χ2v) is 5.47. The van der Waals surface area contributed by atoms with Crippen molar-refractivity contribution in [1.82, 2.24) is 10.1 Å². The molecular formula is C14H24N2O2. The van der Waals surface area contributed by atoms with Crippen LogP contribution >= 0.6 is 0 Å². The molecule has 1 aliphatic carbocycles. The molecule has 0 saturated heterocycles. The van der Waals surface area contributed by atoms with E-state index < -0.39 is 0 Å². The zero-order valence-corrected chi connectivity index (χ0v) is 11.6. The molecule has 0 aliphatic heterocycles. The molecule has 18 heavy (non-hydrogen) atoms. The van der Waals surface area contributed by atoms with Gasteiger partial charge in [-0.15, -0.1) is 0 Å². The molecule has 1 saturated carbocycles. The van der Waals surface area contributed by atoms with E-state index >= 15 is 0 Å². The molecule has 2 atom stereocenters. The van der Waals surface area contributed by atoms with Gasteiger partial charge >= 0.3 is 0 Å². The first-order chi connectivity index (χ1) is 8.61. The Labute approximate surface area is 109 Å². The van der Waals surface area contributed by atoms with Crippen LogP contribution in [0.3, 0.4) is 0 Å². The van der Waals surface area contributed by atoms with Crippen molar-refractivity contribution in [1.29, 1.82) is 0 Å². The van der Waals surface area contributed by atoms with Gasteiger partial charge in [-0.1, -0.05) is 18.5 Å². The van der Waals surface area contributed by atoms with Crippen molar-refractivity contribution in [2.45, 2.75) is 52.2 Å². The van der Waals surface area contributed by atoms with Crippen LogP contribution in [0.1, 0.15) is 43.2 Å². The molecule has 1 heterocycles. The quantitative estimate of drug-likeness (QED) is 0.872. The number of rotatable bonds is 5. The number of nitrogens with zero attached hydrogens (tertiary/aromatic N) is 2. The predicted molar refractivity (Wildman–Crippen MR) is 70.3 cm³/mol. The molecule has 0 bridgehead atoms. The molecular weight excluding hydrogens is 228 g/mol. The molecule has 0 aromatic carbocycles. The van der Waals surface area contributed by atoms with Crippen LogP contribution in [-0.2, 0) is 13.0 Å². The van der Waals surface area contributed by atoms with Gasteiger partial charge in [0.25, 0.3) is 0 Å². The summed E-state index contributed by atoms with van der Waals surface area (Å²) in [5.41, 5.74) is 2.28. The first-order valence-corrected chi connectivity index (χ1v) is 6.92. The van der Waals surface area contributed by atoms with Crippen LogP contribution in [0, 0.1) is 12.8 Å². The topological polar surface area (TPSA) is 49.5 Å². The maximum atomic E-state index is 9.86. The highest BCUT2D eigenvalue weighted by atomic mass is 16.5. The van der Waals surface area contributed by atoms with Crippen LogP contribution in [0.15, 0.2) is 4.52 Å². The van der Waals surface area contributed by atoms with E-state index in [2.05, 4.69) is 24.0 Å². The van der Waals surface area contributed by atoms with Gasteiger partial charge in [0, 0.05) is 18.7 Å². The van der Waals surface area contributed by atoms with Gasteiger partial charge in [-0.2, -0.15) is 0 Å². The normalized spacial score (nSPS) is 24.1. The van der Waals surface area contributed by atoms with Crippen LogP contribution in [0.4, 0.5) is 0 Å². The van der Waals surface area contributed by atoms with Crippen LogP contribution < -0.4 is 0 Å². The summed E-state index contributed by atoms with van der Waals surface area (Å²) < 4.78 is 5.25. The van der Waals surface area contributed by atoms with Gasteiger partial charge in [-0.3, -0.25) is 0 Å². The fourth-order valence-corrected chi connectivity index (χ4v) is 2.88. The fourth-order valence-electron chi connectivity index (χ4n) is 2.88. The first-order valence-electron chi connectivity index (χ1n) is 6.92. The number of aliphatic hydroxyl groups excluding tert-OH is 1. The van der Waals surface area contributed by atoms with Crippen LogP contribution in [0.5, 0.6) is 0 Å². The SMILES string of the molecule is CCc1noc(C)c1CN(C)CC1CCCC1O.